The Bertz CT molecular complexity index is 1400. The van der Waals surface area contributed by atoms with Crippen LogP contribution in [0.15, 0.2) is 42.4 Å². The zero-order valence-electron chi connectivity index (χ0n) is 27.1. The van der Waals surface area contributed by atoms with Gasteiger partial charge in [-0.25, -0.2) is 9.97 Å². The molecule has 0 aliphatic carbocycles. The van der Waals surface area contributed by atoms with E-state index in [4.69, 9.17) is 32.3 Å². The highest BCUT2D eigenvalue weighted by atomic mass is 35.5. The number of nitrogens with one attached hydrogen (secondary N) is 1. The highest BCUT2D eigenvalue weighted by Gasteiger charge is 2.25. The molecule has 2 aromatic rings. The Morgan fingerprint density at radius 3 is 2.91 bits per heavy atom. The van der Waals surface area contributed by atoms with Crippen LogP contribution in [0.5, 0.6) is 0 Å². The minimum Gasteiger partial charge on any atom is -0.482 e. The van der Waals surface area contributed by atoms with Gasteiger partial charge in [0.05, 0.1) is 25.4 Å². The molecule has 2 aliphatic heterocycles. The maximum absolute atomic E-state index is 12.3. The van der Waals surface area contributed by atoms with Crippen LogP contribution in [0.1, 0.15) is 48.1 Å². The summed E-state index contributed by atoms with van der Waals surface area (Å²) in [5.41, 5.74) is 1.68. The van der Waals surface area contributed by atoms with E-state index in [1.54, 1.807) is 29.7 Å². The number of rotatable bonds is 6. The van der Waals surface area contributed by atoms with Gasteiger partial charge in [-0.3, -0.25) is 4.79 Å². The fourth-order valence-electron chi connectivity index (χ4n) is 4.42. The van der Waals surface area contributed by atoms with E-state index in [-0.39, 0.29) is 17.1 Å². The second-order valence-electron chi connectivity index (χ2n) is 8.83. The van der Waals surface area contributed by atoms with Crippen LogP contribution in [-0.2, 0) is 16.0 Å². The normalized spacial score (nSPS) is 24.7. The summed E-state index contributed by atoms with van der Waals surface area (Å²) in [6, 6.07) is 5.01. The molecule has 2 aliphatic rings. The molecule has 3 heterocycles. The van der Waals surface area contributed by atoms with Crippen molar-refractivity contribution in [2.75, 3.05) is 43.4 Å². The molecule has 1 N–H and O–H groups in total. The van der Waals surface area contributed by atoms with Crippen molar-refractivity contribution in [2.24, 2.45) is 11.8 Å². The number of hydrogen-bond acceptors (Lipinski definition) is 6. The first-order chi connectivity index (χ1) is 19.3. The molecule has 180 valence electrons. The maximum Gasteiger partial charge on any atom is 0.257 e. The van der Waals surface area contributed by atoms with Crippen molar-refractivity contribution >= 4 is 35.2 Å². The van der Waals surface area contributed by atoms with Gasteiger partial charge in [-0.1, -0.05) is 38.1 Å². The second-order valence-corrected chi connectivity index (χ2v) is 9.24. The van der Waals surface area contributed by atoms with Crippen molar-refractivity contribution in [3.63, 3.8) is 0 Å². The Kier molecular flexibility index (Phi) is 4.66. The lowest BCUT2D eigenvalue weighted by atomic mass is 9.92. The highest BCUT2D eigenvalue weighted by molar-refractivity contribution is 6.31. The number of anilines is 2. The number of ether oxygens (including phenoxy) is 1. The van der Waals surface area contributed by atoms with Crippen molar-refractivity contribution in [1.29, 1.82) is 0 Å². The molecular formula is C26H32ClN5O2. The van der Waals surface area contributed by atoms with Crippen molar-refractivity contribution < 1.29 is 20.5 Å². The fraction of sp³-hybridized carbons (Fsp3) is 0.423. The smallest absolute Gasteiger partial charge is 0.257 e. The quantitative estimate of drug-likeness (QED) is 0.653. The Labute approximate surface area is 217 Å². The Morgan fingerprint density at radius 2 is 2.18 bits per heavy atom. The number of fused-ring (bicyclic) bond motifs is 1. The summed E-state index contributed by atoms with van der Waals surface area (Å²) in [7, 11) is 0. The molecule has 1 aromatic carbocycles. The van der Waals surface area contributed by atoms with Crippen LogP contribution < -0.4 is 15.1 Å². The van der Waals surface area contributed by atoms with E-state index >= 15 is 0 Å². The summed E-state index contributed by atoms with van der Waals surface area (Å²) >= 11 is 6.47. The summed E-state index contributed by atoms with van der Waals surface area (Å²) in [5, 5.41) is 1.93. The van der Waals surface area contributed by atoms with E-state index in [1.807, 2.05) is 0 Å². The van der Waals surface area contributed by atoms with Gasteiger partial charge in [-0.2, -0.15) is 0 Å². The Morgan fingerprint density at radius 1 is 1.38 bits per heavy atom. The Balaban J connectivity index is 1.67. The van der Waals surface area contributed by atoms with Crippen LogP contribution in [0.25, 0.3) is 6.08 Å². The fourth-order valence-corrected chi connectivity index (χ4v) is 4.57. The molecular weight excluding hydrogens is 450 g/mol. The molecule has 0 saturated carbocycles. The monoisotopic (exact) mass is 489 g/mol. The minimum atomic E-state index is -3.15. The summed E-state index contributed by atoms with van der Waals surface area (Å²) in [5.74, 6) is -0.312. The van der Waals surface area contributed by atoms with Crippen molar-refractivity contribution in [1.82, 2.24) is 15.3 Å². The molecule has 1 amide bonds. The summed E-state index contributed by atoms with van der Waals surface area (Å²) in [4.78, 5) is 24.5. The minimum absolute atomic E-state index is 0.228. The third kappa shape index (κ3) is 5.20. The lowest BCUT2D eigenvalue weighted by molar-refractivity contribution is -0.123. The number of benzene rings is 1. The molecule has 0 radical (unpaired) electrons. The summed E-state index contributed by atoms with van der Waals surface area (Å²) in [6.45, 7) is 0.979. The van der Waals surface area contributed by atoms with E-state index in [1.165, 1.54) is 6.08 Å². The van der Waals surface area contributed by atoms with Gasteiger partial charge in [-0.05, 0) is 42.0 Å². The lowest BCUT2D eigenvalue weighted by Gasteiger charge is -2.35. The topological polar surface area (TPSA) is 70.6 Å². The van der Waals surface area contributed by atoms with Crippen LogP contribution in [-0.4, -0.2) is 49.5 Å². The molecule has 1 fully saturated rings. The Hall–Kier alpha value is -3.06. The lowest BCUT2D eigenvalue weighted by Crippen LogP contribution is -2.39. The third-order valence-electron chi connectivity index (χ3n) is 5.87. The van der Waals surface area contributed by atoms with Crippen LogP contribution in [0.4, 0.5) is 11.6 Å². The maximum atomic E-state index is 12.3. The van der Waals surface area contributed by atoms with Crippen LogP contribution in [0, 0.1) is 11.8 Å². The van der Waals surface area contributed by atoms with Gasteiger partial charge >= 0.3 is 0 Å². The zero-order chi connectivity index (χ0) is 31.2. The molecule has 0 bridgehead atoms. The van der Waals surface area contributed by atoms with Crippen molar-refractivity contribution in [2.45, 2.75) is 26.7 Å². The van der Waals surface area contributed by atoms with Gasteiger partial charge in [0.15, 0.2) is 6.56 Å². The first-order valence-electron chi connectivity index (χ1n) is 15.0. The zero-order valence-corrected chi connectivity index (χ0v) is 19.8. The number of carbonyl (C=O) groups excluding carboxylic acids is 1. The molecule has 0 unspecified atom stereocenters. The molecule has 1 aromatic heterocycles. The number of amides is 1. The molecule has 1 saturated heterocycles. The number of hydrogen-bond donors (Lipinski definition) is 1. The molecule has 0 spiro atoms. The van der Waals surface area contributed by atoms with Crippen LogP contribution >= 0.6 is 11.6 Å². The van der Waals surface area contributed by atoms with Gasteiger partial charge in [-0.15, -0.1) is 0 Å². The second kappa shape index (κ2) is 10.1. The first kappa shape index (κ1) is 15.8. The predicted octanol–water partition coefficient (Wildman–Crippen LogP) is 4.27. The van der Waals surface area contributed by atoms with E-state index in [9.17, 15) is 4.79 Å². The number of halogens is 1. The average Bonchev–Trinajstić information content (AvgIpc) is 2.83. The van der Waals surface area contributed by atoms with E-state index < -0.39 is 26.4 Å². The van der Waals surface area contributed by atoms with Gasteiger partial charge < -0.3 is 19.9 Å². The van der Waals surface area contributed by atoms with Gasteiger partial charge in [0.25, 0.3) is 5.91 Å². The van der Waals surface area contributed by atoms with Gasteiger partial charge in [0, 0.05) is 52.9 Å². The number of nitrogens with zero attached hydrogens (tertiary/aromatic N) is 4. The molecule has 2 atom stereocenters. The van der Waals surface area contributed by atoms with Crippen LogP contribution in [0.3, 0.4) is 0 Å². The third-order valence-corrected chi connectivity index (χ3v) is 6.18. The average molecular weight is 490 g/mol. The SMILES string of the molecule is [2H]C([2H])([2H])NC(=O)C([2H])([2H])OC1=Cc2cc(Cc3nc(N4C[C@H](C)C[C@H](C)C4)ncc3Cl)ccc2N(C([2H])([2H])[2H])C1=C. The molecule has 8 heteroatoms. The largest absolute Gasteiger partial charge is 0.482 e. The molecule has 4 rings (SSSR count). The van der Waals surface area contributed by atoms with Crippen molar-refractivity contribution in [3.05, 3.63) is 64.3 Å². The van der Waals surface area contributed by atoms with E-state index in [0.717, 1.165) is 30.0 Å². The highest BCUT2D eigenvalue weighted by Crippen LogP contribution is 2.35. The van der Waals surface area contributed by atoms with E-state index in [2.05, 4.69) is 30.3 Å². The van der Waals surface area contributed by atoms with Gasteiger partial charge in [0.1, 0.15) is 5.76 Å². The molecule has 7 nitrogen and oxygen atoms in total. The predicted molar refractivity (Wildman–Crippen MR) is 137 cm³/mol. The number of aromatic nitrogens is 2. The summed E-state index contributed by atoms with van der Waals surface area (Å²) < 4.78 is 66.9. The number of carbonyl (C=O) groups is 1. The summed E-state index contributed by atoms with van der Waals surface area (Å²) in [6.07, 6.45) is 4.35. The van der Waals surface area contributed by atoms with Crippen molar-refractivity contribution in [3.8, 4) is 0 Å². The first-order valence-corrected chi connectivity index (χ1v) is 11.3. The van der Waals surface area contributed by atoms with Crippen LogP contribution in [0.2, 0.25) is 5.02 Å². The standard InChI is InChI=1S/C26H32ClN5O2/c1-16-8-17(2)14-32(13-16)26-29-12-21(27)22(30-26)10-19-6-7-23-20(9-19)11-24(18(3)31(23)5)34-15-25(33)28-4/h6-7,9,11-12,16-17H,3,8,10,13-15H2,1-2,4-5H3,(H,28,33)/t16-,17+/i4D3,5D3,15D2. The number of likely N-dealkylation sites (N-methyl/N-ethyl adjacent to an activating group) is 2. The van der Waals surface area contributed by atoms with Gasteiger partial charge in [0.2, 0.25) is 5.95 Å². The number of piperidine rings is 1. The van der Waals surface area contributed by atoms with E-state index in [0.29, 0.717) is 40.5 Å². The molecule has 34 heavy (non-hydrogen) atoms.